The summed E-state index contributed by atoms with van der Waals surface area (Å²) in [5, 5.41) is 2.73. The zero-order chi connectivity index (χ0) is 18.7. The van der Waals surface area contributed by atoms with Crippen LogP contribution in [0.5, 0.6) is 5.75 Å². The lowest BCUT2D eigenvalue weighted by Gasteiger charge is -2.06. The number of hydrogen-bond acceptors (Lipinski definition) is 5. The Balaban J connectivity index is 1.60. The van der Waals surface area contributed by atoms with Crippen LogP contribution in [0.4, 0.5) is 5.69 Å². The Morgan fingerprint density at radius 3 is 2.54 bits per heavy atom. The van der Waals surface area contributed by atoms with Gasteiger partial charge in [0.15, 0.2) is 11.4 Å². The van der Waals surface area contributed by atoms with Gasteiger partial charge in [0.25, 0.3) is 0 Å². The summed E-state index contributed by atoms with van der Waals surface area (Å²) < 4.78 is 11.5. The summed E-state index contributed by atoms with van der Waals surface area (Å²) in [6.07, 6.45) is 0.165. The van der Waals surface area contributed by atoms with E-state index in [0.29, 0.717) is 28.1 Å². The molecule has 1 aromatic heterocycles. The summed E-state index contributed by atoms with van der Waals surface area (Å²) in [5.41, 5.74) is 2.11. The average Bonchev–Trinajstić information content (AvgIpc) is 2.94. The Kier molecular flexibility index (Phi) is 4.88. The molecule has 0 atom stereocenters. The molecule has 7 nitrogen and oxygen atoms in total. The molecular formula is C19H18N2O5. The maximum Gasteiger partial charge on any atom is 0.419 e. The quantitative estimate of drug-likeness (QED) is 0.688. The van der Waals surface area contributed by atoms with Crippen molar-refractivity contribution in [1.29, 1.82) is 0 Å². The van der Waals surface area contributed by atoms with E-state index in [9.17, 15) is 14.4 Å². The number of amides is 1. The maximum atomic E-state index is 12.2. The molecule has 26 heavy (non-hydrogen) atoms. The van der Waals surface area contributed by atoms with E-state index in [1.165, 1.54) is 4.57 Å². The zero-order valence-electron chi connectivity index (χ0n) is 14.4. The normalized spacial score (nSPS) is 10.7. The Labute approximate surface area is 149 Å². The molecule has 0 aliphatic heterocycles. The largest absolute Gasteiger partial charge is 0.497 e. The molecule has 3 aromatic rings. The fourth-order valence-electron chi connectivity index (χ4n) is 2.58. The van der Waals surface area contributed by atoms with Crippen molar-refractivity contribution in [3.8, 4) is 5.75 Å². The lowest BCUT2D eigenvalue weighted by molar-refractivity contribution is -0.116. The predicted octanol–water partition coefficient (Wildman–Crippen LogP) is 2.74. The van der Waals surface area contributed by atoms with Crippen LogP contribution in [0.3, 0.4) is 0 Å². The molecule has 0 fully saturated rings. The molecule has 0 spiro atoms. The first-order valence-corrected chi connectivity index (χ1v) is 8.04. The molecule has 0 saturated heterocycles. The van der Waals surface area contributed by atoms with Crippen molar-refractivity contribution < 1.29 is 18.7 Å². The minimum absolute atomic E-state index is 0.0627. The number of fused-ring (bicyclic) bond motifs is 1. The van der Waals surface area contributed by atoms with E-state index in [1.807, 2.05) is 0 Å². The van der Waals surface area contributed by atoms with E-state index in [4.69, 9.17) is 9.15 Å². The molecule has 1 amide bonds. The highest BCUT2D eigenvalue weighted by atomic mass is 16.5. The summed E-state index contributed by atoms with van der Waals surface area (Å²) in [6.45, 7) is 0. The SMILES string of the molecule is COc1ccc(C(=O)CCC(=O)Nc2ccc3oc(=O)n(C)c3c2)cc1. The molecule has 7 heteroatoms. The number of rotatable bonds is 6. The fourth-order valence-corrected chi connectivity index (χ4v) is 2.58. The highest BCUT2D eigenvalue weighted by Crippen LogP contribution is 2.18. The van der Waals surface area contributed by atoms with Crippen LogP contribution in [0, 0.1) is 0 Å². The highest BCUT2D eigenvalue weighted by Gasteiger charge is 2.11. The number of nitrogens with one attached hydrogen (secondary N) is 1. The maximum absolute atomic E-state index is 12.2. The van der Waals surface area contributed by atoms with E-state index in [0.717, 1.165) is 0 Å². The van der Waals surface area contributed by atoms with Crippen LogP contribution in [0.15, 0.2) is 51.7 Å². The number of anilines is 1. The first-order chi connectivity index (χ1) is 12.5. The van der Waals surface area contributed by atoms with Crippen LogP contribution in [0.25, 0.3) is 11.1 Å². The molecule has 0 bridgehead atoms. The first-order valence-electron chi connectivity index (χ1n) is 8.04. The van der Waals surface area contributed by atoms with Crippen LogP contribution in [0.2, 0.25) is 0 Å². The number of carbonyl (C=O) groups excluding carboxylic acids is 2. The van der Waals surface area contributed by atoms with Gasteiger partial charge in [0, 0.05) is 31.1 Å². The van der Waals surface area contributed by atoms with Gasteiger partial charge in [-0.05, 0) is 42.5 Å². The number of ketones is 1. The summed E-state index contributed by atoms with van der Waals surface area (Å²) >= 11 is 0. The molecule has 134 valence electrons. The van der Waals surface area contributed by atoms with Crippen LogP contribution < -0.4 is 15.8 Å². The Morgan fingerprint density at radius 2 is 1.85 bits per heavy atom. The van der Waals surface area contributed by atoms with Crippen LogP contribution >= 0.6 is 0 Å². The average molecular weight is 354 g/mol. The van der Waals surface area contributed by atoms with Crippen molar-refractivity contribution in [2.24, 2.45) is 7.05 Å². The molecule has 3 rings (SSSR count). The zero-order valence-corrected chi connectivity index (χ0v) is 14.4. The number of Topliss-reactive ketones (excluding diaryl/α,β-unsaturated/α-hetero) is 1. The minimum Gasteiger partial charge on any atom is -0.497 e. The number of aromatic nitrogens is 1. The van der Waals surface area contributed by atoms with Crippen molar-refractivity contribution >= 4 is 28.5 Å². The number of benzene rings is 2. The van der Waals surface area contributed by atoms with Gasteiger partial charge in [0.1, 0.15) is 5.75 Å². The topological polar surface area (TPSA) is 90.5 Å². The summed E-state index contributed by atoms with van der Waals surface area (Å²) in [5.74, 6) is -0.188. The number of aryl methyl sites for hydroxylation is 1. The molecule has 0 aliphatic carbocycles. The molecule has 2 aromatic carbocycles. The van der Waals surface area contributed by atoms with E-state index in [1.54, 1.807) is 56.6 Å². The third-order valence-corrected chi connectivity index (χ3v) is 4.07. The summed E-state index contributed by atoms with van der Waals surface area (Å²) in [7, 11) is 3.15. The van der Waals surface area contributed by atoms with Gasteiger partial charge in [-0.1, -0.05) is 0 Å². The lowest BCUT2D eigenvalue weighted by Crippen LogP contribution is -2.13. The second-order valence-electron chi connectivity index (χ2n) is 5.81. The van der Waals surface area contributed by atoms with E-state index >= 15 is 0 Å². The van der Waals surface area contributed by atoms with Gasteiger partial charge in [-0.15, -0.1) is 0 Å². The number of hydrogen-bond donors (Lipinski definition) is 1. The minimum atomic E-state index is -0.464. The monoisotopic (exact) mass is 354 g/mol. The summed E-state index contributed by atoms with van der Waals surface area (Å²) in [6, 6.07) is 11.7. The van der Waals surface area contributed by atoms with E-state index < -0.39 is 5.76 Å². The highest BCUT2D eigenvalue weighted by molar-refractivity contribution is 6.00. The molecule has 1 N–H and O–H groups in total. The first kappa shape index (κ1) is 17.5. The molecule has 0 saturated carbocycles. The van der Waals surface area contributed by atoms with Crippen molar-refractivity contribution in [2.75, 3.05) is 12.4 Å². The third-order valence-electron chi connectivity index (χ3n) is 4.07. The van der Waals surface area contributed by atoms with Crippen LogP contribution in [-0.4, -0.2) is 23.4 Å². The van der Waals surface area contributed by atoms with Gasteiger partial charge in [-0.3, -0.25) is 14.2 Å². The number of carbonyl (C=O) groups is 2. The standard InChI is InChI=1S/C19H18N2O5/c1-21-15-11-13(5-9-17(15)26-19(21)24)20-18(23)10-8-16(22)12-3-6-14(25-2)7-4-12/h3-7,9,11H,8,10H2,1-2H3,(H,20,23). The van der Waals surface area contributed by atoms with E-state index in [2.05, 4.69) is 5.32 Å². The number of nitrogens with zero attached hydrogens (tertiary/aromatic N) is 1. The van der Waals surface area contributed by atoms with E-state index in [-0.39, 0.29) is 24.5 Å². The fraction of sp³-hybridized carbons (Fsp3) is 0.211. The lowest BCUT2D eigenvalue weighted by atomic mass is 10.1. The molecular weight excluding hydrogens is 336 g/mol. The molecule has 0 unspecified atom stereocenters. The van der Waals surface area contributed by atoms with Gasteiger partial charge in [-0.25, -0.2) is 4.79 Å². The van der Waals surface area contributed by atoms with Crippen molar-refractivity contribution in [2.45, 2.75) is 12.8 Å². The smallest absolute Gasteiger partial charge is 0.419 e. The Hall–Kier alpha value is -3.35. The number of ether oxygens (including phenoxy) is 1. The van der Waals surface area contributed by atoms with Gasteiger partial charge in [0.2, 0.25) is 5.91 Å². The van der Waals surface area contributed by atoms with Crippen LogP contribution in [0.1, 0.15) is 23.2 Å². The molecule has 0 aliphatic rings. The Morgan fingerprint density at radius 1 is 1.12 bits per heavy atom. The van der Waals surface area contributed by atoms with Crippen molar-refractivity contribution in [3.05, 3.63) is 58.6 Å². The predicted molar refractivity (Wildman–Crippen MR) is 96.6 cm³/mol. The third kappa shape index (κ3) is 3.66. The van der Waals surface area contributed by atoms with Crippen LogP contribution in [-0.2, 0) is 11.8 Å². The van der Waals surface area contributed by atoms with Crippen molar-refractivity contribution in [1.82, 2.24) is 4.57 Å². The van der Waals surface area contributed by atoms with Crippen molar-refractivity contribution in [3.63, 3.8) is 0 Å². The number of methoxy groups -OCH3 is 1. The van der Waals surface area contributed by atoms with Gasteiger partial charge in [-0.2, -0.15) is 0 Å². The second kappa shape index (κ2) is 7.26. The van der Waals surface area contributed by atoms with Gasteiger partial charge in [0.05, 0.1) is 12.6 Å². The Bertz CT molecular complexity index is 1010. The number of oxazole rings is 1. The molecule has 0 radical (unpaired) electrons. The van der Waals surface area contributed by atoms with Gasteiger partial charge >= 0.3 is 5.76 Å². The summed E-state index contributed by atoms with van der Waals surface area (Å²) in [4.78, 5) is 35.7. The molecule has 1 heterocycles. The van der Waals surface area contributed by atoms with Gasteiger partial charge < -0.3 is 14.5 Å². The second-order valence-corrected chi connectivity index (χ2v) is 5.81.